The molecule has 4 heterocycles. The van der Waals surface area contributed by atoms with Crippen molar-refractivity contribution >= 4 is 5.97 Å². The van der Waals surface area contributed by atoms with Gasteiger partial charge in [-0.2, -0.15) is 0 Å². The van der Waals surface area contributed by atoms with Crippen LogP contribution in [-0.2, 0) is 14.2 Å². The number of benzene rings is 3. The number of carbonyl (C=O) groups is 1. The van der Waals surface area contributed by atoms with Crippen LogP contribution in [0.15, 0.2) is 48.5 Å². The molecular formula is C30H30O10. The van der Waals surface area contributed by atoms with Gasteiger partial charge in [0.05, 0.1) is 32.0 Å². The SMILES string of the molecule is CCOC(=O)c1c(C)cc(O)cc1O.c1cc2c(cc1C1OCC3C(c4ccc5c(c4)OCO5)OCC13)OCO2. The third-order valence-corrected chi connectivity index (χ3v) is 7.49. The number of rotatable bonds is 4. The van der Waals surface area contributed by atoms with Gasteiger partial charge in [0.1, 0.15) is 17.1 Å². The van der Waals surface area contributed by atoms with Crippen molar-refractivity contribution in [1.29, 1.82) is 0 Å². The molecule has 2 fully saturated rings. The van der Waals surface area contributed by atoms with Crippen LogP contribution < -0.4 is 18.9 Å². The average molecular weight is 551 g/mol. The van der Waals surface area contributed by atoms with Crippen LogP contribution in [0.5, 0.6) is 34.5 Å². The van der Waals surface area contributed by atoms with Crippen molar-refractivity contribution in [3.05, 3.63) is 70.8 Å². The first-order valence-corrected chi connectivity index (χ1v) is 13.1. The summed E-state index contributed by atoms with van der Waals surface area (Å²) in [5.41, 5.74) is 2.83. The Morgan fingerprint density at radius 3 is 1.82 bits per heavy atom. The molecule has 7 rings (SSSR count). The Morgan fingerprint density at radius 1 is 0.800 bits per heavy atom. The van der Waals surface area contributed by atoms with E-state index >= 15 is 0 Å². The standard InChI is InChI=1S/C20H18O6.C10H12O4/c1-3-15-17(25-9-23-15)5-11(1)19-13-7-22-20(14(13)8-21-19)12-2-4-16-18(6-12)26-10-24-16;1-3-14-10(13)9-6(2)4-7(11)5-8(9)12/h1-6,13-14,19-20H,7-10H2;4-5,11-12H,3H2,1-2H3. The maximum absolute atomic E-state index is 11.3. The van der Waals surface area contributed by atoms with Gasteiger partial charge in [-0.15, -0.1) is 0 Å². The Kier molecular flexibility index (Phi) is 7.03. The highest BCUT2D eigenvalue weighted by molar-refractivity contribution is 5.94. The van der Waals surface area contributed by atoms with Gasteiger partial charge in [0.15, 0.2) is 23.0 Å². The van der Waals surface area contributed by atoms with Crippen molar-refractivity contribution in [2.45, 2.75) is 26.1 Å². The molecule has 2 N–H and O–H groups in total. The lowest BCUT2D eigenvalue weighted by Gasteiger charge is -2.17. The van der Waals surface area contributed by atoms with Gasteiger partial charge in [0.25, 0.3) is 0 Å². The van der Waals surface area contributed by atoms with Crippen LogP contribution in [0.4, 0.5) is 0 Å². The van der Waals surface area contributed by atoms with E-state index < -0.39 is 5.97 Å². The van der Waals surface area contributed by atoms with Gasteiger partial charge < -0.3 is 43.4 Å². The molecule has 40 heavy (non-hydrogen) atoms. The highest BCUT2D eigenvalue weighted by Gasteiger charge is 2.48. The Balaban J connectivity index is 0.000000177. The van der Waals surface area contributed by atoms with E-state index in [0.29, 0.717) is 30.6 Å². The number of hydrogen-bond donors (Lipinski definition) is 2. The summed E-state index contributed by atoms with van der Waals surface area (Å²) in [6.45, 7) is 5.48. The zero-order chi connectivity index (χ0) is 27.8. The number of phenolic OH excluding ortho intramolecular Hbond substituents is 2. The minimum atomic E-state index is -0.581. The highest BCUT2D eigenvalue weighted by Crippen LogP contribution is 2.52. The minimum Gasteiger partial charge on any atom is -0.508 e. The van der Waals surface area contributed by atoms with Crippen LogP contribution in [0.2, 0.25) is 0 Å². The first-order valence-electron chi connectivity index (χ1n) is 13.1. The second kappa shape index (κ2) is 10.8. The third kappa shape index (κ3) is 4.84. The van der Waals surface area contributed by atoms with E-state index in [-0.39, 0.29) is 49.5 Å². The molecule has 0 amide bonds. The number of carbonyl (C=O) groups excluding carboxylic acids is 1. The van der Waals surface area contributed by atoms with Gasteiger partial charge >= 0.3 is 5.97 Å². The Hall–Kier alpha value is -4.15. The van der Waals surface area contributed by atoms with E-state index in [0.717, 1.165) is 40.2 Å². The largest absolute Gasteiger partial charge is 0.508 e. The summed E-state index contributed by atoms with van der Waals surface area (Å²) in [5, 5.41) is 18.5. The van der Waals surface area contributed by atoms with Crippen molar-refractivity contribution in [3.8, 4) is 34.5 Å². The molecule has 2 saturated heterocycles. The minimum absolute atomic E-state index is 0.0218. The predicted octanol–water partition coefficient (Wildman–Crippen LogP) is 4.80. The lowest BCUT2D eigenvalue weighted by Crippen LogP contribution is -2.14. The van der Waals surface area contributed by atoms with Gasteiger partial charge in [0.2, 0.25) is 13.6 Å². The van der Waals surface area contributed by atoms with Crippen LogP contribution in [0, 0.1) is 18.8 Å². The number of ether oxygens (including phenoxy) is 7. The van der Waals surface area contributed by atoms with E-state index in [1.807, 2.05) is 24.3 Å². The fourth-order valence-corrected chi connectivity index (χ4v) is 5.63. The van der Waals surface area contributed by atoms with Gasteiger partial charge in [-0.25, -0.2) is 4.79 Å². The fourth-order valence-electron chi connectivity index (χ4n) is 5.63. The molecule has 3 aromatic rings. The van der Waals surface area contributed by atoms with E-state index in [1.165, 1.54) is 6.07 Å². The molecule has 4 aliphatic rings. The summed E-state index contributed by atoms with van der Waals surface area (Å²) in [7, 11) is 0. The van der Waals surface area contributed by atoms with Crippen LogP contribution in [0.1, 0.15) is 46.2 Å². The van der Waals surface area contributed by atoms with Crippen molar-refractivity contribution < 1.29 is 48.2 Å². The van der Waals surface area contributed by atoms with Gasteiger partial charge in [0, 0.05) is 17.9 Å². The van der Waals surface area contributed by atoms with Gasteiger partial charge in [-0.3, -0.25) is 0 Å². The molecule has 0 aromatic heterocycles. The predicted molar refractivity (Wildman–Crippen MR) is 140 cm³/mol. The summed E-state index contributed by atoms with van der Waals surface area (Å²) >= 11 is 0. The number of fused-ring (bicyclic) bond motifs is 3. The second-order valence-corrected chi connectivity index (χ2v) is 9.94. The molecule has 3 aromatic carbocycles. The third-order valence-electron chi connectivity index (χ3n) is 7.49. The Morgan fingerprint density at radius 2 is 1.32 bits per heavy atom. The van der Waals surface area contributed by atoms with Crippen molar-refractivity contribution in [3.63, 3.8) is 0 Å². The number of phenols is 2. The molecule has 0 aliphatic carbocycles. The molecular weight excluding hydrogens is 520 g/mol. The van der Waals surface area contributed by atoms with Gasteiger partial charge in [-0.05, 0) is 60.9 Å². The molecule has 10 nitrogen and oxygen atoms in total. The lowest BCUT2D eigenvalue weighted by molar-refractivity contribution is 0.0192. The number of esters is 1. The lowest BCUT2D eigenvalue weighted by atomic mass is 9.85. The van der Waals surface area contributed by atoms with Crippen molar-refractivity contribution in [1.82, 2.24) is 0 Å². The molecule has 0 radical (unpaired) electrons. The summed E-state index contributed by atoms with van der Waals surface area (Å²) in [4.78, 5) is 11.3. The van der Waals surface area contributed by atoms with E-state index in [4.69, 9.17) is 38.3 Å². The molecule has 4 atom stereocenters. The summed E-state index contributed by atoms with van der Waals surface area (Å²) in [6, 6.07) is 14.6. The first kappa shape index (κ1) is 26.1. The number of aryl methyl sites for hydroxylation is 1. The molecule has 0 saturated carbocycles. The van der Waals surface area contributed by atoms with Crippen LogP contribution in [-0.4, -0.2) is 49.6 Å². The molecule has 0 bridgehead atoms. The zero-order valence-electron chi connectivity index (χ0n) is 22.1. The maximum Gasteiger partial charge on any atom is 0.342 e. The van der Waals surface area contributed by atoms with E-state index in [9.17, 15) is 9.90 Å². The quantitative estimate of drug-likeness (QED) is 0.438. The van der Waals surface area contributed by atoms with Crippen LogP contribution in [0.25, 0.3) is 0 Å². The molecule has 4 aliphatic heterocycles. The topological polar surface area (TPSA) is 122 Å². The van der Waals surface area contributed by atoms with E-state index in [1.54, 1.807) is 13.8 Å². The summed E-state index contributed by atoms with van der Waals surface area (Å²) in [5.74, 6) is 2.91. The Bertz CT molecular complexity index is 1330. The fraction of sp³-hybridized carbons (Fsp3) is 0.367. The molecule has 0 spiro atoms. The van der Waals surface area contributed by atoms with Crippen molar-refractivity contribution in [2.75, 3.05) is 33.4 Å². The number of hydrogen-bond acceptors (Lipinski definition) is 10. The monoisotopic (exact) mass is 550 g/mol. The zero-order valence-corrected chi connectivity index (χ0v) is 22.1. The maximum atomic E-state index is 11.3. The Labute approximate surface area is 230 Å². The molecule has 210 valence electrons. The summed E-state index contributed by atoms with van der Waals surface area (Å²) in [6.07, 6.45) is 0.0435. The van der Waals surface area contributed by atoms with E-state index in [2.05, 4.69) is 12.1 Å². The second-order valence-electron chi connectivity index (χ2n) is 9.94. The molecule has 10 heteroatoms. The number of aromatic hydroxyl groups is 2. The van der Waals surface area contributed by atoms with Crippen molar-refractivity contribution in [2.24, 2.45) is 11.8 Å². The molecule has 4 unspecified atom stereocenters. The summed E-state index contributed by atoms with van der Waals surface area (Å²) < 4.78 is 38.9. The van der Waals surface area contributed by atoms with Crippen LogP contribution >= 0.6 is 0 Å². The smallest absolute Gasteiger partial charge is 0.342 e. The normalized spacial score (nSPS) is 23.4. The average Bonchev–Trinajstić information content (AvgIpc) is 3.72. The highest BCUT2D eigenvalue weighted by atomic mass is 16.7. The first-order chi connectivity index (χ1) is 19.4. The van der Waals surface area contributed by atoms with Gasteiger partial charge in [-0.1, -0.05) is 12.1 Å². The van der Waals surface area contributed by atoms with Crippen LogP contribution in [0.3, 0.4) is 0 Å².